The summed E-state index contributed by atoms with van der Waals surface area (Å²) in [7, 11) is 0. The van der Waals surface area contributed by atoms with Crippen molar-refractivity contribution < 1.29 is 42.1 Å². The van der Waals surface area contributed by atoms with E-state index >= 15 is 8.78 Å². The minimum Gasteiger partial charge on any atom is -0.390 e. The monoisotopic (exact) mass is 574 g/mol. The van der Waals surface area contributed by atoms with Crippen molar-refractivity contribution in [3.05, 3.63) is 59.4 Å². The van der Waals surface area contributed by atoms with Crippen LogP contribution >= 0.6 is 0 Å². The molecule has 0 radical (unpaired) electrons. The van der Waals surface area contributed by atoms with E-state index in [4.69, 9.17) is 14.2 Å². The van der Waals surface area contributed by atoms with Crippen LogP contribution in [0.25, 0.3) is 0 Å². The van der Waals surface area contributed by atoms with Crippen molar-refractivity contribution in [3.8, 4) is 0 Å². The Bertz CT molecular complexity index is 1350. The van der Waals surface area contributed by atoms with Crippen molar-refractivity contribution in [3.63, 3.8) is 0 Å². The first-order valence-electron chi connectivity index (χ1n) is 14.3. The van der Waals surface area contributed by atoms with E-state index in [2.05, 4.69) is 0 Å². The maximum atomic E-state index is 17.6. The molecule has 1 aromatic rings. The molecule has 0 spiro atoms. The van der Waals surface area contributed by atoms with Crippen LogP contribution in [0.4, 0.5) is 13.2 Å². The van der Waals surface area contributed by atoms with E-state index in [9.17, 15) is 19.1 Å². The second kappa shape index (κ2) is 9.09. The number of fused-ring (bicyclic) bond motifs is 7. The van der Waals surface area contributed by atoms with Gasteiger partial charge in [-0.3, -0.25) is 9.59 Å². The first-order valence-corrected chi connectivity index (χ1v) is 14.3. The Labute approximate surface area is 237 Å². The summed E-state index contributed by atoms with van der Waals surface area (Å²) in [5.74, 6) is -2.92. The number of hydrogen-bond acceptors (Lipinski definition) is 6. The quantitative estimate of drug-likeness (QED) is 0.526. The summed E-state index contributed by atoms with van der Waals surface area (Å²) >= 11 is 0. The van der Waals surface area contributed by atoms with Crippen molar-refractivity contribution >= 4 is 11.6 Å². The number of alkyl halides is 2. The molecule has 0 bridgehead atoms. The fourth-order valence-corrected chi connectivity index (χ4v) is 8.64. The fraction of sp³-hybridized carbons (Fsp3) is 0.625. The van der Waals surface area contributed by atoms with Gasteiger partial charge in [-0.1, -0.05) is 25.1 Å². The first-order chi connectivity index (χ1) is 19.1. The molecule has 4 fully saturated rings. The van der Waals surface area contributed by atoms with Gasteiger partial charge in [0, 0.05) is 22.3 Å². The molecule has 0 aromatic heterocycles. The molecule has 222 valence electrons. The Morgan fingerprint density at radius 3 is 2.61 bits per heavy atom. The number of carbonyl (C=O) groups excluding carboxylic acids is 2. The molecule has 1 N–H and O–H groups in total. The van der Waals surface area contributed by atoms with E-state index in [1.807, 2.05) is 20.8 Å². The van der Waals surface area contributed by atoms with Gasteiger partial charge < -0.3 is 19.3 Å². The molecule has 6 nitrogen and oxygen atoms in total. The van der Waals surface area contributed by atoms with Gasteiger partial charge in [-0.2, -0.15) is 0 Å². The van der Waals surface area contributed by atoms with Crippen molar-refractivity contribution in [2.75, 3.05) is 6.61 Å². The normalized spacial score (nSPS) is 45.0. The highest BCUT2D eigenvalue weighted by Gasteiger charge is 2.80. The van der Waals surface area contributed by atoms with E-state index < -0.39 is 81.6 Å². The zero-order valence-electron chi connectivity index (χ0n) is 24.0. The number of aliphatic hydroxyl groups is 1. The van der Waals surface area contributed by atoms with Gasteiger partial charge in [0.25, 0.3) is 0 Å². The Balaban J connectivity index is 1.44. The molecule has 41 heavy (non-hydrogen) atoms. The molecule has 3 saturated carbocycles. The van der Waals surface area contributed by atoms with Gasteiger partial charge in [0.1, 0.15) is 18.6 Å². The predicted octanol–water partition coefficient (Wildman–Crippen LogP) is 5.29. The van der Waals surface area contributed by atoms with Gasteiger partial charge in [-0.25, -0.2) is 13.2 Å². The molecule has 6 rings (SSSR count). The Kier molecular flexibility index (Phi) is 6.38. The van der Waals surface area contributed by atoms with Gasteiger partial charge in [-0.05, 0) is 82.7 Å². The molecule has 5 aliphatic rings. The number of halogens is 3. The lowest BCUT2D eigenvalue weighted by Crippen LogP contribution is -2.70. The molecule has 1 heterocycles. The third-order valence-corrected chi connectivity index (χ3v) is 10.5. The molecular weight excluding hydrogens is 537 g/mol. The second-order valence-electron chi connectivity index (χ2n) is 13.8. The van der Waals surface area contributed by atoms with Crippen LogP contribution in [0.3, 0.4) is 0 Å². The molecule has 4 aliphatic carbocycles. The van der Waals surface area contributed by atoms with Crippen LogP contribution in [0.1, 0.15) is 65.7 Å². The van der Waals surface area contributed by atoms with Crippen LogP contribution in [0.5, 0.6) is 0 Å². The predicted molar refractivity (Wildman–Crippen MR) is 143 cm³/mol. The number of aliphatic hydroxyl groups excluding tert-OH is 1. The molecule has 0 unspecified atom stereocenters. The number of ether oxygens (including phenoxy) is 3. The van der Waals surface area contributed by atoms with Crippen LogP contribution < -0.4 is 0 Å². The SMILES string of the molecule is CC(C)(C)OCC(=O)[C@@]12O[C@H](c3cccc(F)c3)O[C@@H]1C[C@H]1[C@@H]3C[C@H](F)C4=CC(=O)C=C[C@]4(C)[C@@]3(F)[C@@H](O)C[C@@]12C. The highest BCUT2D eigenvalue weighted by Crippen LogP contribution is 2.72. The minimum absolute atomic E-state index is 0.0348. The maximum absolute atomic E-state index is 17.6. The minimum atomic E-state index is -2.30. The number of benzene rings is 1. The summed E-state index contributed by atoms with van der Waals surface area (Å²) in [5.41, 5.74) is -6.87. The lowest BCUT2D eigenvalue weighted by molar-refractivity contribution is -0.236. The molecular formula is C32H37F3O6. The van der Waals surface area contributed by atoms with Crippen LogP contribution in [0.15, 0.2) is 48.1 Å². The van der Waals surface area contributed by atoms with Gasteiger partial charge in [-0.15, -0.1) is 0 Å². The average molecular weight is 575 g/mol. The molecule has 1 aromatic carbocycles. The molecule has 1 saturated heterocycles. The number of rotatable bonds is 4. The largest absolute Gasteiger partial charge is 0.390 e. The van der Waals surface area contributed by atoms with E-state index in [1.165, 1.54) is 37.3 Å². The summed E-state index contributed by atoms with van der Waals surface area (Å²) in [4.78, 5) is 26.3. The number of ketones is 2. The number of Topliss-reactive ketones (excluding diaryl/α,β-unsaturated/α-hetero) is 1. The zero-order valence-corrected chi connectivity index (χ0v) is 24.0. The summed E-state index contributed by atoms with van der Waals surface area (Å²) in [5, 5.41) is 11.7. The lowest BCUT2D eigenvalue weighted by atomic mass is 9.44. The summed E-state index contributed by atoms with van der Waals surface area (Å²) in [6.45, 7) is 8.45. The number of hydrogen-bond donors (Lipinski definition) is 1. The molecule has 9 heteroatoms. The van der Waals surface area contributed by atoms with Crippen molar-refractivity contribution in [2.45, 2.75) is 95.4 Å². The maximum Gasteiger partial charge on any atom is 0.193 e. The van der Waals surface area contributed by atoms with E-state index in [-0.39, 0.29) is 31.4 Å². The van der Waals surface area contributed by atoms with Gasteiger partial charge >= 0.3 is 0 Å². The Morgan fingerprint density at radius 2 is 1.93 bits per heavy atom. The van der Waals surface area contributed by atoms with Crippen LogP contribution in [-0.2, 0) is 23.8 Å². The third-order valence-electron chi connectivity index (χ3n) is 10.5. The van der Waals surface area contributed by atoms with Crippen LogP contribution in [-0.4, -0.2) is 58.5 Å². The van der Waals surface area contributed by atoms with Crippen LogP contribution in [0.2, 0.25) is 0 Å². The molecule has 0 amide bonds. The fourth-order valence-electron chi connectivity index (χ4n) is 8.64. The Hall–Kier alpha value is -2.33. The topological polar surface area (TPSA) is 82.1 Å². The lowest BCUT2D eigenvalue weighted by Gasteiger charge is -2.63. The summed E-state index contributed by atoms with van der Waals surface area (Å²) in [6, 6.07) is 5.73. The van der Waals surface area contributed by atoms with Crippen molar-refractivity contribution in [1.82, 2.24) is 0 Å². The number of carbonyl (C=O) groups is 2. The third kappa shape index (κ3) is 3.84. The zero-order chi connectivity index (χ0) is 29.8. The average Bonchev–Trinajstić information content (AvgIpc) is 3.39. The smallest absolute Gasteiger partial charge is 0.193 e. The van der Waals surface area contributed by atoms with Gasteiger partial charge in [0.05, 0.1) is 17.8 Å². The first kappa shape index (κ1) is 28.8. The van der Waals surface area contributed by atoms with Crippen LogP contribution in [0, 0.1) is 28.5 Å². The summed E-state index contributed by atoms with van der Waals surface area (Å²) < 4.78 is 66.3. The van der Waals surface area contributed by atoms with E-state index in [1.54, 1.807) is 13.0 Å². The molecule has 10 atom stereocenters. The van der Waals surface area contributed by atoms with Crippen molar-refractivity contribution in [1.29, 1.82) is 0 Å². The van der Waals surface area contributed by atoms with E-state index in [0.29, 0.717) is 5.56 Å². The standard InChI is InChI=1S/C32H37F3O6/c1-28(2,3)39-16-25(38)32-26(40-27(41-32)17-7-6-8-18(33)11-17)14-20-21-13-23(34)22-12-19(36)9-10-29(22,4)31(21,35)24(37)15-30(20,32)5/h6-12,20-21,23-24,26-27,37H,13-16H2,1-5H3/t20-,21-,23-,24-,26+,27+,29-,30-,31-,32+/m0/s1. The Morgan fingerprint density at radius 1 is 1.20 bits per heavy atom. The highest BCUT2D eigenvalue weighted by atomic mass is 19.1. The highest BCUT2D eigenvalue weighted by molar-refractivity contribution is 6.01. The van der Waals surface area contributed by atoms with E-state index in [0.717, 1.165) is 6.08 Å². The number of allylic oxidation sites excluding steroid dienone is 4. The molecule has 1 aliphatic heterocycles. The summed E-state index contributed by atoms with van der Waals surface area (Å²) in [6.07, 6.45) is -1.60. The van der Waals surface area contributed by atoms with Gasteiger partial charge in [0.2, 0.25) is 0 Å². The van der Waals surface area contributed by atoms with Gasteiger partial charge in [0.15, 0.2) is 29.1 Å². The van der Waals surface area contributed by atoms with Crippen molar-refractivity contribution in [2.24, 2.45) is 22.7 Å². The second-order valence-corrected chi connectivity index (χ2v) is 13.8.